The number of esters is 1. The maximum absolute atomic E-state index is 11.9. The molecule has 1 amide bonds. The summed E-state index contributed by atoms with van der Waals surface area (Å²) in [4.78, 5) is 24.4. The van der Waals surface area contributed by atoms with Crippen molar-refractivity contribution >= 4 is 28.9 Å². The minimum absolute atomic E-state index is 0.163. The van der Waals surface area contributed by atoms with Crippen LogP contribution in [-0.4, -0.2) is 32.7 Å². The van der Waals surface area contributed by atoms with Crippen LogP contribution in [0.15, 0.2) is 35.7 Å². The van der Waals surface area contributed by atoms with Gasteiger partial charge in [0.1, 0.15) is 11.5 Å². The van der Waals surface area contributed by atoms with E-state index in [-0.39, 0.29) is 13.0 Å². The summed E-state index contributed by atoms with van der Waals surface area (Å²) in [6, 6.07) is 8.70. The van der Waals surface area contributed by atoms with Gasteiger partial charge >= 0.3 is 5.97 Å². The van der Waals surface area contributed by atoms with Gasteiger partial charge in [0.05, 0.1) is 26.3 Å². The number of rotatable bonds is 7. The predicted octanol–water partition coefficient (Wildman–Crippen LogP) is 2.49. The third-order valence-corrected chi connectivity index (χ3v) is 3.82. The summed E-state index contributed by atoms with van der Waals surface area (Å²) in [6.07, 6.45) is 0.163. The number of hydrogen-bond acceptors (Lipinski definition) is 6. The normalized spacial score (nSPS) is 10.0. The SMILES string of the molecule is COc1ccc(NC(=O)COC(=O)Cc2cccs2)c(OC)c1. The minimum atomic E-state index is -0.440. The fourth-order valence-corrected chi connectivity index (χ4v) is 2.53. The maximum atomic E-state index is 11.9. The van der Waals surface area contributed by atoms with E-state index in [1.54, 1.807) is 25.3 Å². The van der Waals surface area contributed by atoms with E-state index in [4.69, 9.17) is 14.2 Å². The smallest absolute Gasteiger partial charge is 0.311 e. The van der Waals surface area contributed by atoms with Crippen LogP contribution in [0.4, 0.5) is 5.69 Å². The Labute approximate surface area is 138 Å². The fourth-order valence-electron chi connectivity index (χ4n) is 1.84. The van der Waals surface area contributed by atoms with Gasteiger partial charge in [-0.3, -0.25) is 9.59 Å². The second kappa shape index (κ2) is 8.19. The lowest BCUT2D eigenvalue weighted by Gasteiger charge is -2.11. The molecule has 6 nitrogen and oxygen atoms in total. The summed E-state index contributed by atoms with van der Waals surface area (Å²) >= 11 is 1.47. The van der Waals surface area contributed by atoms with Crippen LogP contribution in [0, 0.1) is 0 Å². The minimum Gasteiger partial charge on any atom is -0.497 e. The van der Waals surface area contributed by atoms with Gasteiger partial charge in [-0.25, -0.2) is 0 Å². The van der Waals surface area contributed by atoms with Crippen LogP contribution in [0.5, 0.6) is 11.5 Å². The average Bonchev–Trinajstić information content (AvgIpc) is 3.06. The van der Waals surface area contributed by atoms with Gasteiger partial charge in [0.15, 0.2) is 6.61 Å². The van der Waals surface area contributed by atoms with E-state index in [0.717, 1.165) is 4.88 Å². The number of benzene rings is 1. The molecular formula is C16H17NO5S. The van der Waals surface area contributed by atoms with Crippen molar-refractivity contribution in [2.45, 2.75) is 6.42 Å². The van der Waals surface area contributed by atoms with Gasteiger partial charge in [0, 0.05) is 10.9 Å². The number of methoxy groups -OCH3 is 2. The third-order valence-electron chi connectivity index (χ3n) is 2.95. The molecule has 7 heteroatoms. The molecule has 0 aliphatic heterocycles. The van der Waals surface area contributed by atoms with Gasteiger partial charge in [0.25, 0.3) is 5.91 Å². The highest BCUT2D eigenvalue weighted by Crippen LogP contribution is 2.28. The van der Waals surface area contributed by atoms with Gasteiger partial charge in [-0.15, -0.1) is 11.3 Å². The molecule has 0 bridgehead atoms. The fraction of sp³-hybridized carbons (Fsp3) is 0.250. The van der Waals surface area contributed by atoms with Crippen molar-refractivity contribution in [3.05, 3.63) is 40.6 Å². The van der Waals surface area contributed by atoms with Crippen LogP contribution in [0.3, 0.4) is 0 Å². The molecule has 0 unspecified atom stereocenters. The number of carbonyl (C=O) groups is 2. The Morgan fingerprint density at radius 1 is 1.17 bits per heavy atom. The quantitative estimate of drug-likeness (QED) is 0.787. The van der Waals surface area contributed by atoms with Crippen molar-refractivity contribution < 1.29 is 23.8 Å². The van der Waals surface area contributed by atoms with Gasteiger partial charge in [0.2, 0.25) is 0 Å². The van der Waals surface area contributed by atoms with E-state index in [1.807, 2.05) is 17.5 Å². The number of ether oxygens (including phenoxy) is 3. The van der Waals surface area contributed by atoms with Crippen molar-refractivity contribution in [1.29, 1.82) is 0 Å². The molecule has 0 radical (unpaired) electrons. The highest BCUT2D eigenvalue weighted by atomic mass is 32.1. The average molecular weight is 335 g/mol. The third kappa shape index (κ3) is 5.00. The number of amides is 1. The lowest BCUT2D eigenvalue weighted by molar-refractivity contribution is -0.146. The van der Waals surface area contributed by atoms with Crippen LogP contribution in [0.1, 0.15) is 4.88 Å². The Hall–Kier alpha value is -2.54. The molecule has 0 aliphatic rings. The van der Waals surface area contributed by atoms with E-state index in [2.05, 4.69) is 5.32 Å². The van der Waals surface area contributed by atoms with Crippen LogP contribution >= 0.6 is 11.3 Å². The van der Waals surface area contributed by atoms with Crippen LogP contribution < -0.4 is 14.8 Å². The van der Waals surface area contributed by atoms with Gasteiger partial charge in [-0.2, -0.15) is 0 Å². The molecule has 1 heterocycles. The summed E-state index contributed by atoms with van der Waals surface area (Å²) < 4.78 is 15.2. The Morgan fingerprint density at radius 2 is 2.00 bits per heavy atom. The van der Waals surface area contributed by atoms with Crippen molar-refractivity contribution in [2.75, 3.05) is 26.1 Å². The Morgan fingerprint density at radius 3 is 2.65 bits per heavy atom. The zero-order valence-corrected chi connectivity index (χ0v) is 13.6. The summed E-state index contributed by atoms with van der Waals surface area (Å²) in [5.74, 6) is 0.196. The van der Waals surface area contributed by atoms with Crippen LogP contribution in [-0.2, 0) is 20.7 Å². The standard InChI is InChI=1S/C16H17NO5S/c1-20-11-5-6-13(14(8-11)21-2)17-15(18)10-22-16(19)9-12-4-3-7-23-12/h3-8H,9-10H2,1-2H3,(H,17,18). The summed E-state index contributed by atoms with van der Waals surface area (Å²) in [6.45, 7) is -0.348. The zero-order valence-electron chi connectivity index (χ0n) is 12.8. The lowest BCUT2D eigenvalue weighted by Crippen LogP contribution is -2.21. The lowest BCUT2D eigenvalue weighted by atomic mass is 10.2. The van der Waals surface area contributed by atoms with E-state index < -0.39 is 11.9 Å². The molecule has 1 aromatic heterocycles. The Balaban J connectivity index is 1.86. The molecule has 2 aromatic rings. The largest absolute Gasteiger partial charge is 0.497 e. The first-order valence-corrected chi connectivity index (χ1v) is 7.70. The van der Waals surface area contributed by atoms with Crippen molar-refractivity contribution in [3.63, 3.8) is 0 Å². The first-order chi connectivity index (χ1) is 11.1. The number of hydrogen-bond donors (Lipinski definition) is 1. The van der Waals surface area contributed by atoms with Crippen LogP contribution in [0.25, 0.3) is 0 Å². The zero-order chi connectivity index (χ0) is 16.7. The number of anilines is 1. The molecule has 0 atom stereocenters. The molecule has 23 heavy (non-hydrogen) atoms. The molecule has 0 fully saturated rings. The molecule has 0 saturated carbocycles. The van der Waals surface area contributed by atoms with E-state index in [0.29, 0.717) is 17.2 Å². The van der Waals surface area contributed by atoms with Crippen molar-refractivity contribution in [2.24, 2.45) is 0 Å². The second-order valence-corrected chi connectivity index (χ2v) is 5.56. The molecular weight excluding hydrogens is 318 g/mol. The first-order valence-electron chi connectivity index (χ1n) is 6.82. The summed E-state index contributed by atoms with van der Waals surface area (Å²) in [5.41, 5.74) is 0.479. The highest BCUT2D eigenvalue weighted by molar-refractivity contribution is 7.10. The molecule has 1 aromatic carbocycles. The van der Waals surface area contributed by atoms with Gasteiger partial charge < -0.3 is 19.5 Å². The molecule has 0 spiro atoms. The first kappa shape index (κ1) is 16.8. The number of nitrogens with one attached hydrogen (secondary N) is 1. The Bertz CT molecular complexity index is 669. The second-order valence-electron chi connectivity index (χ2n) is 4.53. The van der Waals surface area contributed by atoms with Gasteiger partial charge in [-0.05, 0) is 23.6 Å². The molecule has 0 aliphatic carbocycles. The molecule has 122 valence electrons. The molecule has 1 N–H and O–H groups in total. The topological polar surface area (TPSA) is 73.9 Å². The maximum Gasteiger partial charge on any atom is 0.311 e. The van der Waals surface area contributed by atoms with Crippen molar-refractivity contribution in [1.82, 2.24) is 0 Å². The molecule has 2 rings (SSSR count). The summed E-state index contributed by atoms with van der Waals surface area (Å²) in [7, 11) is 3.03. The van der Waals surface area contributed by atoms with Crippen LogP contribution in [0.2, 0.25) is 0 Å². The van der Waals surface area contributed by atoms with Gasteiger partial charge in [-0.1, -0.05) is 6.07 Å². The van der Waals surface area contributed by atoms with Crippen molar-refractivity contribution in [3.8, 4) is 11.5 Å². The Kier molecular flexibility index (Phi) is 5.99. The predicted molar refractivity (Wildman–Crippen MR) is 87.2 cm³/mol. The van der Waals surface area contributed by atoms with E-state index >= 15 is 0 Å². The summed E-state index contributed by atoms with van der Waals surface area (Å²) in [5, 5.41) is 4.51. The number of thiophene rings is 1. The molecule has 0 saturated heterocycles. The highest BCUT2D eigenvalue weighted by Gasteiger charge is 2.12. The number of carbonyl (C=O) groups excluding carboxylic acids is 2. The van der Waals surface area contributed by atoms with E-state index in [9.17, 15) is 9.59 Å². The monoisotopic (exact) mass is 335 g/mol. The van der Waals surface area contributed by atoms with E-state index in [1.165, 1.54) is 18.4 Å².